The highest BCUT2D eigenvalue weighted by Crippen LogP contribution is 2.59. The summed E-state index contributed by atoms with van der Waals surface area (Å²) in [6.07, 6.45) is -2.75. The summed E-state index contributed by atoms with van der Waals surface area (Å²) >= 11 is 6.14. The molecule has 194 valence electrons. The molecule has 1 aliphatic rings. The Balaban J connectivity index is 1.43. The fourth-order valence-electron chi connectivity index (χ4n) is 3.78. The molecular formula is C21H22ClF3N6O4S. The maximum Gasteiger partial charge on any atom is 0.394 e. The lowest BCUT2D eigenvalue weighted by molar-refractivity contribution is -0.190. The van der Waals surface area contributed by atoms with Crippen LogP contribution in [0.15, 0.2) is 29.3 Å². The van der Waals surface area contributed by atoms with Crippen LogP contribution in [0.25, 0.3) is 5.82 Å². The van der Waals surface area contributed by atoms with Gasteiger partial charge in [0.15, 0.2) is 5.82 Å². The Kier molecular flexibility index (Phi) is 6.54. The van der Waals surface area contributed by atoms with Crippen LogP contribution in [-0.2, 0) is 17.1 Å². The third-order valence-electron chi connectivity index (χ3n) is 6.10. The molecule has 0 bridgehead atoms. The van der Waals surface area contributed by atoms with Crippen LogP contribution in [0.2, 0.25) is 5.15 Å². The van der Waals surface area contributed by atoms with Gasteiger partial charge in [-0.2, -0.15) is 18.3 Å². The van der Waals surface area contributed by atoms with Crippen LogP contribution in [0.3, 0.4) is 0 Å². The van der Waals surface area contributed by atoms with Crippen LogP contribution in [0, 0.1) is 19.3 Å². The minimum absolute atomic E-state index is 0.0966. The van der Waals surface area contributed by atoms with Gasteiger partial charge < -0.3 is 4.74 Å². The number of carbonyl (C=O) groups excluding carboxylic acids is 1. The Morgan fingerprint density at radius 2 is 1.92 bits per heavy atom. The molecule has 1 fully saturated rings. The van der Waals surface area contributed by atoms with Crippen molar-refractivity contribution in [2.24, 2.45) is 12.5 Å². The third kappa shape index (κ3) is 4.91. The molecule has 0 unspecified atom stereocenters. The first kappa shape index (κ1) is 25.9. The number of hydrogen-bond donors (Lipinski definition) is 1. The highest BCUT2D eigenvalue weighted by atomic mass is 35.5. The van der Waals surface area contributed by atoms with Gasteiger partial charge in [0.2, 0.25) is 5.88 Å². The summed E-state index contributed by atoms with van der Waals surface area (Å²) in [4.78, 5) is 16.6. The zero-order chi connectivity index (χ0) is 26.5. The van der Waals surface area contributed by atoms with E-state index in [9.17, 15) is 26.4 Å². The van der Waals surface area contributed by atoms with E-state index in [0.29, 0.717) is 5.69 Å². The SMILES string of the molecule is Cc1nn(C)c(C)c1S(=O)(=O)NC(=O)c1ccc(-n2ccc(OCCC3(C(F)(F)F)CC3)n2)nc1Cl. The van der Waals surface area contributed by atoms with E-state index in [1.54, 1.807) is 14.0 Å². The number of aromatic nitrogens is 5. The average Bonchev–Trinajstić information content (AvgIpc) is 3.34. The lowest BCUT2D eigenvalue weighted by Crippen LogP contribution is -2.31. The minimum Gasteiger partial charge on any atom is -0.477 e. The maximum atomic E-state index is 13.0. The van der Waals surface area contributed by atoms with Crippen molar-refractivity contribution in [2.75, 3.05) is 6.61 Å². The van der Waals surface area contributed by atoms with Gasteiger partial charge in [-0.3, -0.25) is 9.48 Å². The molecule has 0 aromatic carbocycles. The van der Waals surface area contributed by atoms with E-state index in [1.807, 2.05) is 4.72 Å². The van der Waals surface area contributed by atoms with Gasteiger partial charge in [0, 0.05) is 19.3 Å². The number of hydrogen-bond acceptors (Lipinski definition) is 7. The zero-order valence-corrected chi connectivity index (χ0v) is 21.0. The number of rotatable bonds is 8. The summed E-state index contributed by atoms with van der Waals surface area (Å²) in [6.45, 7) is 2.93. The fourth-order valence-corrected chi connectivity index (χ4v) is 5.42. The molecule has 3 aromatic rings. The predicted molar refractivity (Wildman–Crippen MR) is 122 cm³/mol. The summed E-state index contributed by atoms with van der Waals surface area (Å²) in [6, 6.07) is 4.11. The highest BCUT2D eigenvalue weighted by Gasteiger charge is 2.62. The van der Waals surface area contributed by atoms with Crippen molar-refractivity contribution in [3.05, 3.63) is 46.5 Å². The number of carbonyl (C=O) groups is 1. The minimum atomic E-state index is -4.25. The van der Waals surface area contributed by atoms with Crippen molar-refractivity contribution in [1.29, 1.82) is 0 Å². The van der Waals surface area contributed by atoms with Gasteiger partial charge in [-0.05, 0) is 45.2 Å². The lowest BCUT2D eigenvalue weighted by atomic mass is 10.0. The second kappa shape index (κ2) is 9.07. The first-order valence-electron chi connectivity index (χ1n) is 10.7. The Morgan fingerprint density at radius 3 is 2.47 bits per heavy atom. The van der Waals surface area contributed by atoms with E-state index in [-0.39, 0.29) is 58.9 Å². The molecule has 15 heteroatoms. The number of aryl methyl sites for hydroxylation is 2. The molecule has 1 N–H and O–H groups in total. The fraction of sp³-hybridized carbons (Fsp3) is 0.429. The summed E-state index contributed by atoms with van der Waals surface area (Å²) in [5, 5.41) is 7.87. The second-order valence-corrected chi connectivity index (χ2v) is 10.5. The maximum absolute atomic E-state index is 13.0. The topological polar surface area (TPSA) is 121 Å². The van der Waals surface area contributed by atoms with Crippen LogP contribution >= 0.6 is 11.6 Å². The molecule has 0 radical (unpaired) electrons. The number of amides is 1. The Bertz CT molecular complexity index is 1430. The Hall–Kier alpha value is -3.13. The van der Waals surface area contributed by atoms with Crippen molar-refractivity contribution in [2.45, 2.75) is 44.2 Å². The highest BCUT2D eigenvalue weighted by molar-refractivity contribution is 7.90. The van der Waals surface area contributed by atoms with Crippen molar-refractivity contribution < 1.29 is 31.1 Å². The number of ether oxygens (including phenoxy) is 1. The number of sulfonamides is 1. The molecule has 1 saturated carbocycles. The van der Waals surface area contributed by atoms with E-state index >= 15 is 0 Å². The molecule has 36 heavy (non-hydrogen) atoms. The molecule has 10 nitrogen and oxygen atoms in total. The van der Waals surface area contributed by atoms with Crippen LogP contribution in [-0.4, -0.2) is 51.7 Å². The van der Waals surface area contributed by atoms with Gasteiger partial charge in [-0.1, -0.05) is 11.6 Å². The quantitative estimate of drug-likeness (QED) is 0.429. The lowest BCUT2D eigenvalue weighted by Gasteiger charge is -2.18. The van der Waals surface area contributed by atoms with Gasteiger partial charge >= 0.3 is 6.18 Å². The van der Waals surface area contributed by atoms with E-state index in [2.05, 4.69) is 15.2 Å². The van der Waals surface area contributed by atoms with Crippen molar-refractivity contribution >= 4 is 27.5 Å². The molecule has 0 spiro atoms. The average molecular weight is 547 g/mol. The first-order valence-corrected chi connectivity index (χ1v) is 12.6. The number of pyridine rings is 1. The number of halogens is 4. The number of nitrogens with one attached hydrogen (secondary N) is 1. The molecular weight excluding hydrogens is 525 g/mol. The van der Waals surface area contributed by atoms with Crippen molar-refractivity contribution in [1.82, 2.24) is 29.3 Å². The second-order valence-electron chi connectivity index (χ2n) is 8.54. The molecule has 0 atom stereocenters. The van der Waals surface area contributed by atoms with Crippen molar-refractivity contribution in [3.63, 3.8) is 0 Å². The normalized spacial score (nSPS) is 15.1. The Labute approximate surface area is 209 Å². The summed E-state index contributed by atoms with van der Waals surface area (Å²) in [5.74, 6) is -0.701. The monoisotopic (exact) mass is 546 g/mol. The van der Waals surface area contributed by atoms with E-state index in [0.717, 1.165) is 0 Å². The van der Waals surface area contributed by atoms with E-state index < -0.39 is 27.5 Å². The van der Waals surface area contributed by atoms with Gasteiger partial charge in [0.25, 0.3) is 15.9 Å². The molecule has 0 saturated heterocycles. The third-order valence-corrected chi connectivity index (χ3v) is 7.97. The molecule has 0 aliphatic heterocycles. The molecule has 1 amide bonds. The molecule has 4 rings (SSSR count). The largest absolute Gasteiger partial charge is 0.477 e. The number of alkyl halides is 3. The van der Waals surface area contributed by atoms with Crippen LogP contribution < -0.4 is 9.46 Å². The van der Waals surface area contributed by atoms with Crippen LogP contribution in [0.4, 0.5) is 13.2 Å². The molecule has 3 heterocycles. The van der Waals surface area contributed by atoms with E-state index in [4.69, 9.17) is 16.3 Å². The van der Waals surface area contributed by atoms with Gasteiger partial charge in [-0.25, -0.2) is 22.8 Å². The number of nitrogens with zero attached hydrogens (tertiary/aromatic N) is 5. The standard InChI is InChI=1S/C21H22ClF3N6O4S/c1-12-17(13(2)30(3)27-12)36(33,34)29-19(32)14-4-5-15(26-18(14)22)31-10-6-16(28-31)35-11-9-20(7-8-20)21(23,24)25/h4-6,10H,7-9,11H2,1-3H3,(H,29,32). The van der Waals surface area contributed by atoms with Gasteiger partial charge in [0.1, 0.15) is 10.0 Å². The summed E-state index contributed by atoms with van der Waals surface area (Å²) in [5.41, 5.74) is -1.26. The summed E-state index contributed by atoms with van der Waals surface area (Å²) in [7, 11) is -2.64. The Morgan fingerprint density at radius 1 is 1.22 bits per heavy atom. The predicted octanol–water partition coefficient (Wildman–Crippen LogP) is 3.50. The summed E-state index contributed by atoms with van der Waals surface area (Å²) < 4.78 is 74.5. The van der Waals surface area contributed by atoms with Crippen LogP contribution in [0.5, 0.6) is 5.88 Å². The smallest absolute Gasteiger partial charge is 0.394 e. The van der Waals surface area contributed by atoms with E-state index in [1.165, 1.54) is 40.7 Å². The van der Waals surface area contributed by atoms with Gasteiger partial charge in [0.05, 0.1) is 29.0 Å². The van der Waals surface area contributed by atoms with Gasteiger partial charge in [-0.15, -0.1) is 5.10 Å². The van der Waals surface area contributed by atoms with Crippen molar-refractivity contribution in [3.8, 4) is 11.7 Å². The van der Waals surface area contributed by atoms with Crippen LogP contribution in [0.1, 0.15) is 41.0 Å². The zero-order valence-electron chi connectivity index (χ0n) is 19.4. The first-order chi connectivity index (χ1) is 16.7. The molecule has 1 aliphatic carbocycles. The molecule has 3 aromatic heterocycles.